The van der Waals surface area contributed by atoms with Gasteiger partial charge in [-0.25, -0.2) is 0 Å². The van der Waals surface area contributed by atoms with Crippen LogP contribution in [0, 0.1) is 0 Å². The van der Waals surface area contributed by atoms with Crippen LogP contribution in [0.25, 0.3) is 0 Å². The molecule has 0 spiro atoms. The largest absolute Gasteiger partial charge is 0.394 e. The number of rotatable bonds is 0. The SMILES string of the molecule is CC1=C(I)C(=O)C(N)=C(N)C1=O. The third kappa shape index (κ3) is 1.13. The first-order valence-corrected chi connectivity index (χ1v) is 4.25. The van der Waals surface area contributed by atoms with Gasteiger partial charge >= 0.3 is 0 Å². The minimum absolute atomic E-state index is 0.141. The maximum absolute atomic E-state index is 11.2. The molecule has 64 valence electrons. The first-order chi connectivity index (χ1) is 5.46. The molecule has 1 rings (SSSR count). The molecule has 1 aliphatic rings. The minimum Gasteiger partial charge on any atom is -0.394 e. The molecule has 4 nitrogen and oxygen atoms in total. The van der Waals surface area contributed by atoms with Gasteiger partial charge in [0.25, 0.3) is 0 Å². The topological polar surface area (TPSA) is 86.2 Å². The second-order valence-electron chi connectivity index (χ2n) is 2.42. The number of halogens is 1. The fourth-order valence-electron chi connectivity index (χ4n) is 0.835. The van der Waals surface area contributed by atoms with E-state index in [-0.39, 0.29) is 23.0 Å². The van der Waals surface area contributed by atoms with Crippen molar-refractivity contribution in [3.8, 4) is 0 Å². The van der Waals surface area contributed by atoms with Crippen molar-refractivity contribution in [2.24, 2.45) is 11.5 Å². The lowest BCUT2D eigenvalue weighted by Crippen LogP contribution is -2.29. The normalized spacial score (nSPS) is 19.2. The molecule has 0 saturated heterocycles. The predicted molar refractivity (Wildman–Crippen MR) is 52.1 cm³/mol. The Hall–Kier alpha value is -0.850. The zero-order valence-corrected chi connectivity index (χ0v) is 8.51. The van der Waals surface area contributed by atoms with Crippen molar-refractivity contribution in [1.82, 2.24) is 0 Å². The van der Waals surface area contributed by atoms with Gasteiger partial charge in [0.2, 0.25) is 11.6 Å². The van der Waals surface area contributed by atoms with E-state index < -0.39 is 0 Å². The number of carbonyl (C=O) groups is 2. The number of ketones is 2. The average Bonchev–Trinajstić information content (AvgIpc) is 2.08. The molecule has 0 aliphatic heterocycles. The molecule has 1 aliphatic carbocycles. The number of Topliss-reactive ketones (excluding diaryl/α,β-unsaturated/α-hetero) is 2. The van der Waals surface area contributed by atoms with Crippen LogP contribution in [0.4, 0.5) is 0 Å². The van der Waals surface area contributed by atoms with Crippen LogP contribution in [0.3, 0.4) is 0 Å². The highest BCUT2D eigenvalue weighted by Crippen LogP contribution is 2.23. The molecule has 5 heteroatoms. The lowest BCUT2D eigenvalue weighted by molar-refractivity contribution is -0.116. The van der Waals surface area contributed by atoms with Crippen molar-refractivity contribution < 1.29 is 9.59 Å². The van der Waals surface area contributed by atoms with E-state index in [4.69, 9.17) is 11.5 Å². The Labute approximate surface area is 82.8 Å². The van der Waals surface area contributed by atoms with E-state index in [2.05, 4.69) is 0 Å². The van der Waals surface area contributed by atoms with E-state index in [1.807, 2.05) is 0 Å². The first kappa shape index (κ1) is 9.24. The zero-order chi connectivity index (χ0) is 9.46. The first-order valence-electron chi connectivity index (χ1n) is 3.17. The highest BCUT2D eigenvalue weighted by atomic mass is 127. The fraction of sp³-hybridized carbons (Fsp3) is 0.143. The molecular weight excluding hydrogens is 271 g/mol. The number of nitrogens with two attached hydrogens (primary N) is 2. The lowest BCUT2D eigenvalue weighted by Gasteiger charge is -2.13. The van der Waals surface area contributed by atoms with Crippen LogP contribution >= 0.6 is 22.6 Å². The van der Waals surface area contributed by atoms with Gasteiger partial charge in [-0.3, -0.25) is 9.59 Å². The van der Waals surface area contributed by atoms with Gasteiger partial charge in [-0.2, -0.15) is 0 Å². The van der Waals surface area contributed by atoms with Crippen LogP contribution in [0.5, 0.6) is 0 Å². The van der Waals surface area contributed by atoms with E-state index in [1.54, 1.807) is 29.5 Å². The van der Waals surface area contributed by atoms with Crippen LogP contribution in [0.15, 0.2) is 20.5 Å². The summed E-state index contributed by atoms with van der Waals surface area (Å²) >= 11 is 1.79. The van der Waals surface area contributed by atoms with Gasteiger partial charge in [0.1, 0.15) is 11.4 Å². The van der Waals surface area contributed by atoms with E-state index in [1.165, 1.54) is 0 Å². The summed E-state index contributed by atoms with van der Waals surface area (Å²) in [5.74, 6) is -0.707. The molecule has 0 bridgehead atoms. The smallest absolute Gasteiger partial charge is 0.217 e. The molecule has 12 heavy (non-hydrogen) atoms. The monoisotopic (exact) mass is 278 g/mol. The van der Waals surface area contributed by atoms with E-state index >= 15 is 0 Å². The molecule has 0 aromatic carbocycles. The van der Waals surface area contributed by atoms with Gasteiger partial charge in [0.05, 0.1) is 3.58 Å². The number of carbonyl (C=O) groups excluding carboxylic acids is 2. The van der Waals surface area contributed by atoms with E-state index in [9.17, 15) is 9.59 Å². The third-order valence-electron chi connectivity index (χ3n) is 1.65. The molecule has 0 amide bonds. The van der Waals surface area contributed by atoms with Gasteiger partial charge < -0.3 is 11.5 Å². The number of allylic oxidation sites excluding steroid dienone is 2. The predicted octanol–water partition coefficient (Wildman–Crippen LogP) is -0.0238. The van der Waals surface area contributed by atoms with Gasteiger partial charge in [-0.1, -0.05) is 0 Å². The Morgan fingerprint density at radius 1 is 1.08 bits per heavy atom. The van der Waals surface area contributed by atoms with Crippen molar-refractivity contribution in [3.05, 3.63) is 20.5 Å². The molecule has 0 atom stereocenters. The summed E-state index contributed by atoms with van der Waals surface area (Å²) < 4.78 is 0.351. The molecule has 4 N–H and O–H groups in total. The number of hydrogen-bond donors (Lipinski definition) is 2. The summed E-state index contributed by atoms with van der Waals surface area (Å²) in [6, 6.07) is 0. The summed E-state index contributed by atoms with van der Waals surface area (Å²) in [4.78, 5) is 22.4. The highest BCUT2D eigenvalue weighted by Gasteiger charge is 2.27. The Bertz CT molecular complexity index is 279. The molecule has 0 heterocycles. The Morgan fingerprint density at radius 3 is 2.00 bits per heavy atom. The molecular formula is C7H7IN2O2. The fourth-order valence-corrected chi connectivity index (χ4v) is 1.37. The molecule has 0 aromatic rings. The second kappa shape index (κ2) is 2.89. The zero-order valence-electron chi connectivity index (χ0n) is 6.35. The van der Waals surface area contributed by atoms with Crippen molar-refractivity contribution in [1.29, 1.82) is 0 Å². The molecule has 0 radical (unpaired) electrons. The minimum atomic E-state index is -0.356. The molecule has 0 aromatic heterocycles. The second-order valence-corrected chi connectivity index (χ2v) is 3.50. The van der Waals surface area contributed by atoms with Gasteiger partial charge in [-0.05, 0) is 29.5 Å². The highest BCUT2D eigenvalue weighted by molar-refractivity contribution is 14.1. The van der Waals surface area contributed by atoms with E-state index in [0.29, 0.717) is 9.15 Å². The van der Waals surface area contributed by atoms with Crippen molar-refractivity contribution in [3.63, 3.8) is 0 Å². The summed E-state index contributed by atoms with van der Waals surface area (Å²) in [6.45, 7) is 1.56. The summed E-state index contributed by atoms with van der Waals surface area (Å²) in [6.07, 6.45) is 0. The molecule has 0 unspecified atom stereocenters. The average molecular weight is 278 g/mol. The maximum atomic E-state index is 11.2. The summed E-state index contributed by atoms with van der Waals surface area (Å²) in [7, 11) is 0. The van der Waals surface area contributed by atoms with Crippen LogP contribution in [0.2, 0.25) is 0 Å². The lowest BCUT2D eigenvalue weighted by atomic mass is 10.0. The third-order valence-corrected chi connectivity index (χ3v) is 2.95. The van der Waals surface area contributed by atoms with Crippen LogP contribution in [0.1, 0.15) is 6.92 Å². The van der Waals surface area contributed by atoms with Gasteiger partial charge in [0.15, 0.2) is 0 Å². The Balaban J connectivity index is 3.32. The quantitative estimate of drug-likeness (QED) is 0.481. The van der Waals surface area contributed by atoms with Crippen molar-refractivity contribution >= 4 is 34.2 Å². The Morgan fingerprint density at radius 2 is 1.50 bits per heavy atom. The van der Waals surface area contributed by atoms with Gasteiger partial charge in [0, 0.05) is 5.57 Å². The standard InChI is InChI=1S/C7H7IN2O2/c1-2-3(8)7(12)5(10)4(9)6(2)11/h9-10H2,1H3. The van der Waals surface area contributed by atoms with Crippen molar-refractivity contribution in [2.45, 2.75) is 6.92 Å². The van der Waals surface area contributed by atoms with Crippen LogP contribution < -0.4 is 11.5 Å². The molecule has 0 fully saturated rings. The van der Waals surface area contributed by atoms with E-state index in [0.717, 1.165) is 0 Å². The van der Waals surface area contributed by atoms with Gasteiger partial charge in [-0.15, -0.1) is 0 Å². The maximum Gasteiger partial charge on any atom is 0.217 e. The molecule has 0 saturated carbocycles. The Kier molecular flexibility index (Phi) is 2.22. The van der Waals surface area contributed by atoms with Crippen LogP contribution in [-0.4, -0.2) is 11.6 Å². The van der Waals surface area contributed by atoms with Crippen molar-refractivity contribution in [2.75, 3.05) is 0 Å². The number of hydrogen-bond acceptors (Lipinski definition) is 4. The summed E-state index contributed by atoms with van der Waals surface area (Å²) in [5.41, 5.74) is 10.7. The summed E-state index contributed by atoms with van der Waals surface area (Å²) in [5, 5.41) is 0. The van der Waals surface area contributed by atoms with Crippen LogP contribution in [-0.2, 0) is 9.59 Å².